The highest BCUT2D eigenvalue weighted by molar-refractivity contribution is 5.69. The second-order valence-electron chi connectivity index (χ2n) is 14.4. The zero-order valence-electron chi connectivity index (χ0n) is 37.5. The van der Waals surface area contributed by atoms with Crippen LogP contribution in [0.25, 0.3) is 0 Å². The fourth-order valence-corrected chi connectivity index (χ4v) is 5.68. The Kier molecular flexibility index (Phi) is 53.1. The average Bonchev–Trinajstić information content (AvgIpc) is 3.23. The Bertz CT molecular complexity index is 749. The van der Waals surface area contributed by atoms with Crippen molar-refractivity contribution in [1.29, 1.82) is 0 Å². The third-order valence-electron chi connectivity index (χ3n) is 9.09. The fraction of sp³-hybridized carbons (Fsp3) is 0.978. The van der Waals surface area contributed by atoms with E-state index >= 15 is 0 Å². The molecule has 348 valence electrons. The molecule has 0 rings (SSSR count). The number of carbonyl (C=O) groups is 1. The van der Waals surface area contributed by atoms with Crippen molar-refractivity contribution in [2.75, 3.05) is 152 Å². The Morgan fingerprint density at radius 2 is 0.448 bits per heavy atom. The topological polar surface area (TPSA) is 128 Å². The van der Waals surface area contributed by atoms with E-state index in [4.69, 9.17) is 56.8 Å². The van der Waals surface area contributed by atoms with Crippen LogP contribution in [0.3, 0.4) is 0 Å². The number of rotatable bonds is 53. The van der Waals surface area contributed by atoms with Gasteiger partial charge in [0.2, 0.25) is 0 Å². The maximum absolute atomic E-state index is 11.7. The Morgan fingerprint density at radius 1 is 0.241 bits per heavy atom. The third-order valence-corrected chi connectivity index (χ3v) is 9.09. The molecule has 0 bridgehead atoms. The van der Waals surface area contributed by atoms with Gasteiger partial charge in [0, 0.05) is 13.0 Å². The van der Waals surface area contributed by atoms with Gasteiger partial charge >= 0.3 is 5.97 Å². The molecule has 0 saturated carbocycles. The number of unbranched alkanes of at least 4 members (excludes halogenated alkanes) is 16. The third kappa shape index (κ3) is 53.0. The van der Waals surface area contributed by atoms with E-state index in [9.17, 15) is 4.79 Å². The summed E-state index contributed by atoms with van der Waals surface area (Å²) in [7, 11) is 0. The first-order valence-electron chi connectivity index (χ1n) is 23.3. The zero-order chi connectivity index (χ0) is 41.8. The summed E-state index contributed by atoms with van der Waals surface area (Å²) in [6.07, 6.45) is 23.6. The SMILES string of the molecule is CCCCCCCCCCCCCOCCOCCOCCOCCOCCOCCOCCOCCOCCOCCOCCOC(=O)CCCCCCCCC. The van der Waals surface area contributed by atoms with Gasteiger partial charge in [-0.2, -0.15) is 0 Å². The largest absolute Gasteiger partial charge is 0.463 e. The molecule has 0 unspecified atom stereocenters. The van der Waals surface area contributed by atoms with Crippen LogP contribution in [0.1, 0.15) is 136 Å². The minimum atomic E-state index is -0.139. The van der Waals surface area contributed by atoms with Crippen molar-refractivity contribution in [3.05, 3.63) is 0 Å². The molecule has 0 aliphatic heterocycles. The average molecular weight is 839 g/mol. The molecule has 0 heterocycles. The molecule has 13 nitrogen and oxygen atoms in total. The summed E-state index contributed by atoms with van der Waals surface area (Å²) >= 11 is 0. The molecule has 0 aromatic rings. The van der Waals surface area contributed by atoms with Gasteiger partial charge in [0.25, 0.3) is 0 Å². The molecule has 0 saturated heterocycles. The van der Waals surface area contributed by atoms with Gasteiger partial charge < -0.3 is 56.8 Å². The molecule has 0 N–H and O–H groups in total. The summed E-state index contributed by atoms with van der Waals surface area (Å²) in [5, 5.41) is 0. The van der Waals surface area contributed by atoms with Crippen molar-refractivity contribution >= 4 is 5.97 Å². The summed E-state index contributed by atoms with van der Waals surface area (Å²) in [6.45, 7) is 16.4. The van der Waals surface area contributed by atoms with Crippen LogP contribution in [0, 0.1) is 0 Å². The predicted molar refractivity (Wildman–Crippen MR) is 229 cm³/mol. The summed E-state index contributed by atoms with van der Waals surface area (Å²) in [6, 6.07) is 0. The van der Waals surface area contributed by atoms with Crippen LogP contribution < -0.4 is 0 Å². The molecule has 0 amide bonds. The lowest BCUT2D eigenvalue weighted by molar-refractivity contribution is -0.145. The maximum Gasteiger partial charge on any atom is 0.305 e. The number of esters is 1. The maximum atomic E-state index is 11.7. The van der Waals surface area contributed by atoms with Crippen molar-refractivity contribution < 1.29 is 61.6 Å². The Morgan fingerprint density at radius 3 is 0.724 bits per heavy atom. The van der Waals surface area contributed by atoms with Crippen LogP contribution in [-0.4, -0.2) is 158 Å². The van der Waals surface area contributed by atoms with Crippen molar-refractivity contribution in [1.82, 2.24) is 0 Å². The van der Waals surface area contributed by atoms with Crippen LogP contribution in [0.2, 0.25) is 0 Å². The van der Waals surface area contributed by atoms with Crippen molar-refractivity contribution in [2.45, 2.75) is 136 Å². The highest BCUT2D eigenvalue weighted by Crippen LogP contribution is 2.11. The normalized spacial score (nSPS) is 11.6. The van der Waals surface area contributed by atoms with Crippen LogP contribution in [0.5, 0.6) is 0 Å². The highest BCUT2D eigenvalue weighted by Gasteiger charge is 2.03. The van der Waals surface area contributed by atoms with Crippen LogP contribution in [0.4, 0.5) is 0 Å². The summed E-state index contributed by atoms with van der Waals surface area (Å²) in [5.74, 6) is -0.139. The van der Waals surface area contributed by atoms with Gasteiger partial charge in [-0.3, -0.25) is 4.79 Å². The molecule has 0 spiro atoms. The Labute approximate surface area is 354 Å². The summed E-state index contributed by atoms with van der Waals surface area (Å²) < 4.78 is 66.0. The van der Waals surface area contributed by atoms with Gasteiger partial charge in [0.15, 0.2) is 0 Å². The summed E-state index contributed by atoms with van der Waals surface area (Å²) in [4.78, 5) is 11.7. The molecular formula is C45H90O13. The van der Waals surface area contributed by atoms with Crippen LogP contribution in [0.15, 0.2) is 0 Å². The van der Waals surface area contributed by atoms with Crippen molar-refractivity contribution in [3.8, 4) is 0 Å². The predicted octanol–water partition coefficient (Wildman–Crippen LogP) is 8.16. The minimum Gasteiger partial charge on any atom is -0.463 e. The molecule has 13 heteroatoms. The number of carbonyl (C=O) groups excluding carboxylic acids is 1. The fourth-order valence-electron chi connectivity index (χ4n) is 5.68. The standard InChI is InChI=1S/C45H90O13/c1-3-5-7-9-11-12-13-14-16-18-20-22-47-23-24-48-25-26-49-27-28-50-29-30-51-31-32-52-33-34-53-35-36-54-37-38-55-39-40-56-41-42-57-43-44-58-45(46)21-19-17-15-10-8-6-4-2/h3-44H2,1-2H3. The number of hydrogen-bond donors (Lipinski definition) is 0. The quantitative estimate of drug-likeness (QED) is 0.0432. The van der Waals surface area contributed by atoms with E-state index in [2.05, 4.69) is 13.8 Å². The first-order chi connectivity index (χ1) is 28.8. The lowest BCUT2D eigenvalue weighted by atomic mass is 10.1. The molecule has 58 heavy (non-hydrogen) atoms. The van der Waals surface area contributed by atoms with Crippen molar-refractivity contribution in [3.63, 3.8) is 0 Å². The molecule has 0 aliphatic rings. The van der Waals surface area contributed by atoms with Crippen LogP contribution >= 0.6 is 0 Å². The Hall–Kier alpha value is -0.970. The molecule has 0 fully saturated rings. The zero-order valence-corrected chi connectivity index (χ0v) is 37.5. The van der Waals surface area contributed by atoms with Gasteiger partial charge in [-0.25, -0.2) is 0 Å². The van der Waals surface area contributed by atoms with E-state index in [1.54, 1.807) is 0 Å². The van der Waals surface area contributed by atoms with Gasteiger partial charge in [-0.15, -0.1) is 0 Å². The summed E-state index contributed by atoms with van der Waals surface area (Å²) in [5.41, 5.74) is 0. The highest BCUT2D eigenvalue weighted by atomic mass is 16.6. The second-order valence-corrected chi connectivity index (χ2v) is 14.4. The molecule has 0 aliphatic carbocycles. The van der Waals surface area contributed by atoms with Crippen molar-refractivity contribution in [2.24, 2.45) is 0 Å². The Balaban J connectivity index is 3.09. The first-order valence-corrected chi connectivity index (χ1v) is 23.3. The minimum absolute atomic E-state index is 0.139. The van der Waals surface area contributed by atoms with Gasteiger partial charge in [-0.1, -0.05) is 117 Å². The monoisotopic (exact) mass is 839 g/mol. The van der Waals surface area contributed by atoms with Gasteiger partial charge in [0.05, 0.1) is 139 Å². The number of ether oxygens (including phenoxy) is 12. The van der Waals surface area contributed by atoms with Crippen LogP contribution in [-0.2, 0) is 61.6 Å². The smallest absolute Gasteiger partial charge is 0.305 e. The molecule has 0 aromatic heterocycles. The van der Waals surface area contributed by atoms with E-state index in [0.717, 1.165) is 25.9 Å². The lowest BCUT2D eigenvalue weighted by Crippen LogP contribution is -2.15. The van der Waals surface area contributed by atoms with E-state index in [1.165, 1.54) is 96.3 Å². The van der Waals surface area contributed by atoms with Gasteiger partial charge in [-0.05, 0) is 12.8 Å². The molecule has 0 radical (unpaired) electrons. The molecular weight excluding hydrogens is 748 g/mol. The first kappa shape index (κ1) is 57.0. The van der Waals surface area contributed by atoms with E-state index in [-0.39, 0.29) is 12.6 Å². The van der Waals surface area contributed by atoms with E-state index < -0.39 is 0 Å². The lowest BCUT2D eigenvalue weighted by Gasteiger charge is -2.09. The molecule has 0 aromatic carbocycles. The van der Waals surface area contributed by atoms with E-state index in [1.807, 2.05) is 0 Å². The van der Waals surface area contributed by atoms with Gasteiger partial charge in [0.1, 0.15) is 6.61 Å². The number of hydrogen-bond acceptors (Lipinski definition) is 13. The second kappa shape index (κ2) is 54.0. The van der Waals surface area contributed by atoms with E-state index in [0.29, 0.717) is 145 Å². The molecule has 0 atom stereocenters.